The second-order valence-electron chi connectivity index (χ2n) is 4.05. The van der Waals surface area contributed by atoms with E-state index in [1.807, 2.05) is 6.92 Å². The minimum atomic E-state index is -0.0563. The molecule has 1 atom stereocenters. The predicted molar refractivity (Wildman–Crippen MR) is 67.1 cm³/mol. The zero-order valence-electron chi connectivity index (χ0n) is 9.54. The summed E-state index contributed by atoms with van der Waals surface area (Å²) in [4.78, 5) is 0. The standard InChI is InChI=1S/C12H26OS/c1-2-12(13)10-8-6-4-3-5-7-9-11-14/h12-14H,2-11H2,1H3. The van der Waals surface area contributed by atoms with Crippen molar-refractivity contribution >= 4 is 12.6 Å². The fourth-order valence-electron chi connectivity index (χ4n) is 1.58. The molecule has 1 N–H and O–H groups in total. The van der Waals surface area contributed by atoms with E-state index in [0.29, 0.717) is 0 Å². The van der Waals surface area contributed by atoms with Crippen LogP contribution in [0.4, 0.5) is 0 Å². The summed E-state index contributed by atoms with van der Waals surface area (Å²) >= 11 is 4.18. The Hall–Kier alpha value is 0.310. The molecule has 0 aliphatic heterocycles. The van der Waals surface area contributed by atoms with Crippen molar-refractivity contribution in [3.8, 4) is 0 Å². The minimum absolute atomic E-state index is 0.0563. The lowest BCUT2D eigenvalue weighted by molar-refractivity contribution is 0.156. The molecule has 2 heteroatoms. The van der Waals surface area contributed by atoms with Crippen molar-refractivity contribution in [2.45, 2.75) is 70.8 Å². The van der Waals surface area contributed by atoms with Gasteiger partial charge in [-0.3, -0.25) is 0 Å². The van der Waals surface area contributed by atoms with E-state index in [-0.39, 0.29) is 6.10 Å². The molecule has 0 saturated carbocycles. The van der Waals surface area contributed by atoms with Gasteiger partial charge in [-0.05, 0) is 25.0 Å². The minimum Gasteiger partial charge on any atom is -0.393 e. The predicted octanol–water partition coefficient (Wildman–Crippen LogP) is 3.81. The third kappa shape index (κ3) is 10.4. The summed E-state index contributed by atoms with van der Waals surface area (Å²) in [6.45, 7) is 2.04. The molecule has 0 aromatic carbocycles. The van der Waals surface area contributed by atoms with E-state index in [1.165, 1.54) is 44.9 Å². The Morgan fingerprint density at radius 3 is 1.93 bits per heavy atom. The fourth-order valence-corrected chi connectivity index (χ4v) is 1.80. The lowest BCUT2D eigenvalue weighted by atomic mass is 10.1. The van der Waals surface area contributed by atoms with Gasteiger partial charge in [-0.2, -0.15) is 12.6 Å². The second-order valence-corrected chi connectivity index (χ2v) is 4.50. The molecule has 0 amide bonds. The summed E-state index contributed by atoms with van der Waals surface area (Å²) in [6.07, 6.45) is 11.0. The molecule has 14 heavy (non-hydrogen) atoms. The molecule has 0 bridgehead atoms. The van der Waals surface area contributed by atoms with Crippen LogP contribution in [0.25, 0.3) is 0 Å². The van der Waals surface area contributed by atoms with Crippen LogP contribution in [0, 0.1) is 0 Å². The smallest absolute Gasteiger partial charge is 0.0537 e. The molecule has 1 nitrogen and oxygen atoms in total. The number of aliphatic hydroxyl groups is 1. The second kappa shape index (κ2) is 11.4. The van der Waals surface area contributed by atoms with Gasteiger partial charge < -0.3 is 5.11 Å². The van der Waals surface area contributed by atoms with Crippen LogP contribution in [-0.4, -0.2) is 17.0 Å². The maximum Gasteiger partial charge on any atom is 0.0537 e. The zero-order chi connectivity index (χ0) is 10.6. The Kier molecular flexibility index (Phi) is 11.6. The highest BCUT2D eigenvalue weighted by Crippen LogP contribution is 2.10. The first-order chi connectivity index (χ1) is 6.81. The van der Waals surface area contributed by atoms with Crippen molar-refractivity contribution < 1.29 is 5.11 Å². The monoisotopic (exact) mass is 218 g/mol. The van der Waals surface area contributed by atoms with E-state index in [4.69, 9.17) is 0 Å². The maximum absolute atomic E-state index is 9.32. The van der Waals surface area contributed by atoms with Gasteiger partial charge in [0.2, 0.25) is 0 Å². The van der Waals surface area contributed by atoms with E-state index >= 15 is 0 Å². The molecule has 0 fully saturated rings. The van der Waals surface area contributed by atoms with Crippen molar-refractivity contribution in [1.29, 1.82) is 0 Å². The quantitative estimate of drug-likeness (QED) is 0.422. The van der Waals surface area contributed by atoms with Gasteiger partial charge in [0.05, 0.1) is 6.10 Å². The highest BCUT2D eigenvalue weighted by Gasteiger charge is 1.99. The van der Waals surface area contributed by atoms with Crippen LogP contribution in [0.3, 0.4) is 0 Å². The van der Waals surface area contributed by atoms with E-state index < -0.39 is 0 Å². The van der Waals surface area contributed by atoms with Crippen LogP contribution in [0.1, 0.15) is 64.7 Å². The molecule has 0 rings (SSSR count). The highest BCUT2D eigenvalue weighted by atomic mass is 32.1. The SMILES string of the molecule is CCC(O)CCCCCCCCCS. The van der Waals surface area contributed by atoms with Gasteiger partial charge in [0, 0.05) is 0 Å². The first-order valence-electron chi connectivity index (χ1n) is 6.10. The number of hydrogen-bond acceptors (Lipinski definition) is 2. The topological polar surface area (TPSA) is 20.2 Å². The van der Waals surface area contributed by atoms with Gasteiger partial charge in [-0.15, -0.1) is 0 Å². The summed E-state index contributed by atoms with van der Waals surface area (Å²) in [5.41, 5.74) is 0. The van der Waals surface area contributed by atoms with Gasteiger partial charge in [0.1, 0.15) is 0 Å². The first-order valence-corrected chi connectivity index (χ1v) is 6.73. The van der Waals surface area contributed by atoms with Crippen molar-refractivity contribution in [3.05, 3.63) is 0 Å². The van der Waals surface area contributed by atoms with Crippen LogP contribution < -0.4 is 0 Å². The number of rotatable bonds is 10. The van der Waals surface area contributed by atoms with Crippen molar-refractivity contribution in [3.63, 3.8) is 0 Å². The van der Waals surface area contributed by atoms with Gasteiger partial charge in [-0.1, -0.05) is 45.4 Å². The van der Waals surface area contributed by atoms with Crippen molar-refractivity contribution in [2.75, 3.05) is 5.75 Å². The summed E-state index contributed by atoms with van der Waals surface area (Å²) in [5, 5.41) is 9.32. The van der Waals surface area contributed by atoms with Crippen molar-refractivity contribution in [2.24, 2.45) is 0 Å². The van der Waals surface area contributed by atoms with Gasteiger partial charge in [-0.25, -0.2) is 0 Å². The normalized spacial score (nSPS) is 13.1. The number of unbranched alkanes of at least 4 members (excludes halogenated alkanes) is 6. The molecule has 0 saturated heterocycles. The first kappa shape index (κ1) is 14.3. The Morgan fingerprint density at radius 1 is 0.929 bits per heavy atom. The van der Waals surface area contributed by atoms with Crippen LogP contribution >= 0.6 is 12.6 Å². The van der Waals surface area contributed by atoms with Gasteiger partial charge in [0.25, 0.3) is 0 Å². The lowest BCUT2D eigenvalue weighted by Crippen LogP contribution is -2.03. The summed E-state index contributed by atoms with van der Waals surface area (Å²) < 4.78 is 0. The molecule has 0 aliphatic carbocycles. The highest BCUT2D eigenvalue weighted by molar-refractivity contribution is 7.80. The summed E-state index contributed by atoms with van der Waals surface area (Å²) in [5.74, 6) is 1.03. The fraction of sp³-hybridized carbons (Fsp3) is 1.00. The van der Waals surface area contributed by atoms with Gasteiger partial charge >= 0.3 is 0 Å². The van der Waals surface area contributed by atoms with E-state index in [2.05, 4.69) is 12.6 Å². The lowest BCUT2D eigenvalue weighted by Gasteiger charge is -2.06. The number of hydrogen-bond donors (Lipinski definition) is 2. The molecule has 0 radical (unpaired) electrons. The molecule has 0 aliphatic rings. The van der Waals surface area contributed by atoms with Crippen molar-refractivity contribution in [1.82, 2.24) is 0 Å². The summed E-state index contributed by atoms with van der Waals surface area (Å²) in [6, 6.07) is 0. The zero-order valence-corrected chi connectivity index (χ0v) is 10.4. The Balaban J connectivity index is 2.92. The van der Waals surface area contributed by atoms with E-state index in [9.17, 15) is 5.11 Å². The molecule has 0 spiro atoms. The molecule has 0 aromatic rings. The molecular formula is C12H26OS. The number of aliphatic hydroxyl groups excluding tert-OH is 1. The molecule has 0 aromatic heterocycles. The average molecular weight is 218 g/mol. The van der Waals surface area contributed by atoms with Crippen LogP contribution in [0.2, 0.25) is 0 Å². The van der Waals surface area contributed by atoms with E-state index in [1.54, 1.807) is 0 Å². The molecule has 1 unspecified atom stereocenters. The van der Waals surface area contributed by atoms with Crippen LogP contribution in [0.15, 0.2) is 0 Å². The molecule has 86 valence electrons. The Bertz CT molecular complexity index is 106. The third-order valence-corrected chi connectivity index (χ3v) is 2.98. The van der Waals surface area contributed by atoms with Gasteiger partial charge in [0.15, 0.2) is 0 Å². The number of thiol groups is 1. The maximum atomic E-state index is 9.32. The third-order valence-electron chi connectivity index (χ3n) is 2.67. The molecular weight excluding hydrogens is 192 g/mol. The van der Waals surface area contributed by atoms with Crippen LogP contribution in [0.5, 0.6) is 0 Å². The molecule has 0 heterocycles. The Labute approximate surface area is 94.7 Å². The summed E-state index contributed by atoms with van der Waals surface area (Å²) in [7, 11) is 0. The Morgan fingerprint density at radius 2 is 1.43 bits per heavy atom. The van der Waals surface area contributed by atoms with Crippen LogP contribution in [-0.2, 0) is 0 Å². The average Bonchev–Trinajstić information content (AvgIpc) is 2.21. The van der Waals surface area contributed by atoms with E-state index in [0.717, 1.165) is 18.6 Å². The largest absolute Gasteiger partial charge is 0.393 e.